The summed E-state index contributed by atoms with van der Waals surface area (Å²) in [7, 11) is 0. The normalized spacial score (nSPS) is 11.1. The maximum absolute atomic E-state index is 10.2. The van der Waals surface area contributed by atoms with Gasteiger partial charge in [-0.05, 0) is 31.0 Å². The highest BCUT2D eigenvalue weighted by Gasteiger charge is 2.00. The van der Waals surface area contributed by atoms with Crippen molar-refractivity contribution >= 4 is 17.6 Å². The summed E-state index contributed by atoms with van der Waals surface area (Å²) in [4.78, 5) is 10.2. The summed E-state index contributed by atoms with van der Waals surface area (Å²) in [5.74, 6) is 3.82. The van der Waals surface area contributed by atoms with E-state index < -0.39 is 12.1 Å². The van der Waals surface area contributed by atoms with Gasteiger partial charge in [0.2, 0.25) is 0 Å². The smallest absolute Gasteiger partial charge is 0.382 e. The average molecular weight is 225 g/mol. The fourth-order valence-electron chi connectivity index (χ4n) is 0.937. The third kappa shape index (κ3) is 4.39. The van der Waals surface area contributed by atoms with Crippen LogP contribution in [0.4, 0.5) is 0 Å². The van der Waals surface area contributed by atoms with Crippen molar-refractivity contribution < 1.29 is 14.6 Å². The molecule has 0 bridgehead atoms. The van der Waals surface area contributed by atoms with Crippen molar-refractivity contribution in [3.8, 4) is 17.6 Å². The van der Waals surface area contributed by atoms with Gasteiger partial charge < -0.3 is 9.84 Å². The van der Waals surface area contributed by atoms with Crippen LogP contribution in [-0.4, -0.2) is 17.2 Å². The summed E-state index contributed by atoms with van der Waals surface area (Å²) in [5, 5.41) is 8.88. The molecule has 4 heteroatoms. The van der Waals surface area contributed by atoms with E-state index in [4.69, 9.17) is 21.4 Å². The fourth-order valence-corrected chi connectivity index (χ4v) is 1.12. The maximum Gasteiger partial charge on any atom is 0.382 e. The van der Waals surface area contributed by atoms with E-state index in [2.05, 4.69) is 5.92 Å². The Morgan fingerprint density at radius 1 is 1.60 bits per heavy atom. The molecule has 0 aliphatic rings. The number of aliphatic carboxylic acids is 1. The molecule has 0 aliphatic heterocycles. The Bertz CT molecular complexity index is 417. The molecule has 3 nitrogen and oxygen atoms in total. The van der Waals surface area contributed by atoms with Crippen LogP contribution in [0.3, 0.4) is 0 Å². The average Bonchev–Trinajstić information content (AvgIpc) is 2.15. The molecule has 1 unspecified atom stereocenters. The van der Waals surface area contributed by atoms with Gasteiger partial charge in [-0.2, -0.15) is 0 Å². The second-order valence-electron chi connectivity index (χ2n) is 2.79. The molecule has 0 saturated heterocycles. The molecule has 1 atom stereocenters. The molecule has 0 radical (unpaired) electrons. The first-order chi connectivity index (χ1) is 7.08. The first-order valence-corrected chi connectivity index (χ1v) is 4.62. The molecule has 15 heavy (non-hydrogen) atoms. The molecule has 0 spiro atoms. The Morgan fingerprint density at radius 2 is 2.33 bits per heavy atom. The van der Waals surface area contributed by atoms with Gasteiger partial charge in [0.25, 0.3) is 0 Å². The van der Waals surface area contributed by atoms with E-state index >= 15 is 0 Å². The number of carbonyl (C=O) groups is 1. The highest BCUT2D eigenvalue weighted by molar-refractivity contribution is 6.30. The summed E-state index contributed by atoms with van der Waals surface area (Å²) in [6.45, 7) is 1.66. The van der Waals surface area contributed by atoms with Gasteiger partial charge in [0.05, 0.1) is 0 Å². The molecule has 1 aromatic rings. The van der Waals surface area contributed by atoms with E-state index in [1.54, 1.807) is 31.2 Å². The summed E-state index contributed by atoms with van der Waals surface area (Å²) in [6, 6.07) is 6.84. The van der Waals surface area contributed by atoms with Gasteiger partial charge in [-0.1, -0.05) is 17.7 Å². The third-order valence-electron chi connectivity index (χ3n) is 1.49. The predicted molar refractivity (Wildman–Crippen MR) is 57.0 cm³/mol. The zero-order chi connectivity index (χ0) is 11.3. The van der Waals surface area contributed by atoms with Crippen molar-refractivity contribution in [2.75, 3.05) is 0 Å². The Hall–Kier alpha value is -1.66. The van der Waals surface area contributed by atoms with Crippen LogP contribution < -0.4 is 4.74 Å². The minimum Gasteiger partial charge on any atom is -0.478 e. The number of halogens is 1. The van der Waals surface area contributed by atoms with E-state index in [0.29, 0.717) is 10.8 Å². The first-order valence-electron chi connectivity index (χ1n) is 4.24. The van der Waals surface area contributed by atoms with Gasteiger partial charge in [0.1, 0.15) is 5.75 Å². The molecular weight excluding hydrogens is 216 g/mol. The minimum absolute atomic E-state index is 0.487. The predicted octanol–water partition coefficient (Wildman–Crippen LogP) is 2.20. The molecule has 0 aliphatic carbocycles. The zero-order valence-electron chi connectivity index (χ0n) is 8.03. The van der Waals surface area contributed by atoms with Crippen molar-refractivity contribution in [1.29, 1.82) is 0 Å². The second-order valence-corrected chi connectivity index (χ2v) is 3.23. The molecule has 0 amide bonds. The molecule has 1 N–H and O–H groups in total. The first kappa shape index (κ1) is 11.4. The zero-order valence-corrected chi connectivity index (χ0v) is 8.78. The number of ether oxygens (including phenoxy) is 1. The number of benzene rings is 1. The lowest BCUT2D eigenvalue weighted by Crippen LogP contribution is -2.09. The highest BCUT2D eigenvalue weighted by atomic mass is 35.5. The van der Waals surface area contributed by atoms with Crippen molar-refractivity contribution in [3.05, 3.63) is 29.3 Å². The van der Waals surface area contributed by atoms with E-state index in [9.17, 15) is 4.79 Å². The van der Waals surface area contributed by atoms with Gasteiger partial charge in [-0.15, -0.1) is 0 Å². The largest absolute Gasteiger partial charge is 0.478 e. The van der Waals surface area contributed by atoms with Crippen molar-refractivity contribution in [2.24, 2.45) is 0 Å². The molecule has 0 aromatic heterocycles. The molecular formula is C11H9ClO3. The van der Waals surface area contributed by atoms with E-state index in [1.165, 1.54) is 0 Å². The minimum atomic E-state index is -1.17. The van der Waals surface area contributed by atoms with Crippen molar-refractivity contribution in [1.82, 2.24) is 0 Å². The van der Waals surface area contributed by atoms with Crippen LogP contribution >= 0.6 is 11.6 Å². The molecule has 78 valence electrons. The number of hydrogen-bond acceptors (Lipinski definition) is 2. The lowest BCUT2D eigenvalue weighted by atomic mass is 10.3. The summed E-state index contributed by atoms with van der Waals surface area (Å²) >= 11 is 5.75. The van der Waals surface area contributed by atoms with Gasteiger partial charge in [-0.3, -0.25) is 0 Å². The van der Waals surface area contributed by atoms with E-state index in [1.807, 2.05) is 5.92 Å². The lowest BCUT2D eigenvalue weighted by Gasteiger charge is -2.08. The summed E-state index contributed by atoms with van der Waals surface area (Å²) in [5.41, 5.74) is 0. The second kappa shape index (κ2) is 5.28. The van der Waals surface area contributed by atoms with Gasteiger partial charge >= 0.3 is 5.97 Å². The molecule has 0 fully saturated rings. The summed E-state index contributed by atoms with van der Waals surface area (Å²) in [6.07, 6.45) is -0.487. The van der Waals surface area contributed by atoms with Crippen molar-refractivity contribution in [2.45, 2.75) is 13.0 Å². The maximum atomic E-state index is 10.2. The van der Waals surface area contributed by atoms with Crippen molar-refractivity contribution in [3.63, 3.8) is 0 Å². The standard InChI is InChI=1S/C11H9ClO3/c1-8(5-6-11(13)14)15-10-4-2-3-9(12)7-10/h2-4,7-8H,1H3,(H,13,14). The fraction of sp³-hybridized carbons (Fsp3) is 0.182. The van der Waals surface area contributed by atoms with Crippen LogP contribution in [0.5, 0.6) is 5.75 Å². The Kier molecular flexibility index (Phi) is 4.02. The van der Waals surface area contributed by atoms with Gasteiger partial charge in [0.15, 0.2) is 6.10 Å². The topological polar surface area (TPSA) is 46.5 Å². The van der Waals surface area contributed by atoms with Crippen LogP contribution in [0, 0.1) is 11.8 Å². The molecule has 0 saturated carbocycles. The Balaban J connectivity index is 2.63. The highest BCUT2D eigenvalue weighted by Crippen LogP contribution is 2.17. The van der Waals surface area contributed by atoms with Crippen LogP contribution in [0.15, 0.2) is 24.3 Å². The van der Waals surface area contributed by atoms with Crippen LogP contribution in [0.1, 0.15) is 6.92 Å². The van der Waals surface area contributed by atoms with Gasteiger partial charge in [-0.25, -0.2) is 4.79 Å². The third-order valence-corrected chi connectivity index (χ3v) is 1.73. The van der Waals surface area contributed by atoms with E-state index in [0.717, 1.165) is 0 Å². The Labute approximate surface area is 92.6 Å². The van der Waals surface area contributed by atoms with Crippen LogP contribution in [0.2, 0.25) is 5.02 Å². The number of hydrogen-bond donors (Lipinski definition) is 1. The van der Waals surface area contributed by atoms with Crippen LogP contribution in [-0.2, 0) is 4.79 Å². The number of carboxylic acids is 1. The van der Waals surface area contributed by atoms with Crippen LogP contribution in [0.25, 0.3) is 0 Å². The SMILES string of the molecule is CC(C#CC(=O)O)Oc1cccc(Cl)c1. The molecule has 1 rings (SSSR count). The number of rotatable bonds is 2. The number of carboxylic acid groups (broad SMARTS) is 1. The van der Waals surface area contributed by atoms with E-state index in [-0.39, 0.29) is 0 Å². The summed E-state index contributed by atoms with van der Waals surface area (Å²) < 4.78 is 5.32. The Morgan fingerprint density at radius 3 is 2.93 bits per heavy atom. The molecule has 1 aromatic carbocycles. The molecule has 0 heterocycles. The lowest BCUT2D eigenvalue weighted by molar-refractivity contribution is -0.130. The monoisotopic (exact) mass is 224 g/mol. The quantitative estimate of drug-likeness (QED) is 0.784. The van der Waals surface area contributed by atoms with Gasteiger partial charge in [0, 0.05) is 10.9 Å².